The molecule has 0 aliphatic heterocycles. The first-order valence-electron chi connectivity index (χ1n) is 4.86. The van der Waals surface area contributed by atoms with Crippen molar-refractivity contribution in [2.75, 3.05) is 5.75 Å². The Morgan fingerprint density at radius 1 is 1.44 bits per heavy atom. The quantitative estimate of drug-likeness (QED) is 0.828. The van der Waals surface area contributed by atoms with E-state index in [9.17, 15) is 22.0 Å². The van der Waals surface area contributed by atoms with E-state index in [2.05, 4.69) is 5.14 Å². The van der Waals surface area contributed by atoms with Crippen molar-refractivity contribution >= 4 is 16.0 Å². The van der Waals surface area contributed by atoms with Gasteiger partial charge in [0.25, 0.3) is 0 Å². The molecule has 0 saturated carbocycles. The average molecular weight is 279 g/mol. The lowest BCUT2D eigenvalue weighted by atomic mass is 10.0. The van der Waals surface area contributed by atoms with E-state index in [1.807, 2.05) is 0 Å². The van der Waals surface area contributed by atoms with Crippen molar-refractivity contribution in [3.05, 3.63) is 35.1 Å². The second-order valence-electron chi connectivity index (χ2n) is 3.71. The molecular formula is C10H11F2NO4S. The van der Waals surface area contributed by atoms with Crippen LogP contribution in [0.25, 0.3) is 0 Å². The third-order valence-electron chi connectivity index (χ3n) is 2.17. The van der Waals surface area contributed by atoms with Crippen molar-refractivity contribution in [1.82, 2.24) is 0 Å². The van der Waals surface area contributed by atoms with Crippen molar-refractivity contribution in [2.45, 2.75) is 12.6 Å². The molecule has 1 rings (SSSR count). The van der Waals surface area contributed by atoms with E-state index < -0.39 is 45.7 Å². The molecule has 0 aliphatic rings. The van der Waals surface area contributed by atoms with Gasteiger partial charge in [-0.05, 0) is 11.6 Å². The predicted molar refractivity (Wildman–Crippen MR) is 59.9 cm³/mol. The summed E-state index contributed by atoms with van der Waals surface area (Å²) in [5.74, 6) is -3.48. The Kier molecular flexibility index (Phi) is 4.36. The fraction of sp³-hybridized carbons (Fsp3) is 0.300. The summed E-state index contributed by atoms with van der Waals surface area (Å²) in [5, 5.41) is 13.4. The summed E-state index contributed by atoms with van der Waals surface area (Å²) in [6.07, 6.45) is -2.42. The van der Waals surface area contributed by atoms with Gasteiger partial charge in [0.1, 0.15) is 12.0 Å². The number of hydrogen-bond donors (Lipinski definition) is 2. The van der Waals surface area contributed by atoms with Crippen molar-refractivity contribution in [2.24, 2.45) is 5.14 Å². The van der Waals surface area contributed by atoms with Crippen LogP contribution in [0.15, 0.2) is 18.2 Å². The number of sulfonamides is 1. The molecule has 1 atom stereocenters. The van der Waals surface area contributed by atoms with E-state index in [1.165, 1.54) is 12.1 Å². The number of benzene rings is 1. The Hall–Kier alpha value is -1.54. The van der Waals surface area contributed by atoms with Crippen LogP contribution in [0.4, 0.5) is 8.78 Å². The van der Waals surface area contributed by atoms with Crippen LogP contribution < -0.4 is 5.14 Å². The van der Waals surface area contributed by atoms with Gasteiger partial charge in [-0.15, -0.1) is 0 Å². The van der Waals surface area contributed by atoms with Gasteiger partial charge in [0, 0.05) is 6.42 Å². The number of aromatic carboxylic acids is 1. The molecule has 3 N–H and O–H groups in total. The van der Waals surface area contributed by atoms with Gasteiger partial charge in [-0.2, -0.15) is 0 Å². The normalized spacial score (nSPS) is 13.3. The zero-order valence-corrected chi connectivity index (χ0v) is 9.95. The maximum absolute atomic E-state index is 13.4. The Morgan fingerprint density at radius 2 is 2.06 bits per heavy atom. The largest absolute Gasteiger partial charge is 0.478 e. The summed E-state index contributed by atoms with van der Waals surface area (Å²) >= 11 is 0. The number of halogens is 2. The van der Waals surface area contributed by atoms with Crippen LogP contribution in [-0.2, 0) is 16.4 Å². The molecule has 0 fully saturated rings. The van der Waals surface area contributed by atoms with Gasteiger partial charge in [-0.25, -0.2) is 27.1 Å². The number of carbonyl (C=O) groups is 1. The zero-order valence-electron chi connectivity index (χ0n) is 9.14. The molecule has 0 amide bonds. The van der Waals surface area contributed by atoms with E-state index >= 15 is 0 Å². The van der Waals surface area contributed by atoms with Gasteiger partial charge >= 0.3 is 5.97 Å². The molecule has 0 spiro atoms. The van der Waals surface area contributed by atoms with Gasteiger partial charge in [-0.3, -0.25) is 0 Å². The Labute approximate surface area is 102 Å². The highest BCUT2D eigenvalue weighted by molar-refractivity contribution is 7.89. The van der Waals surface area contributed by atoms with Crippen LogP contribution in [0, 0.1) is 5.82 Å². The predicted octanol–water partition coefficient (Wildman–Crippen LogP) is 0.693. The number of carboxylic acid groups (broad SMARTS) is 1. The first-order chi connectivity index (χ1) is 8.20. The Balaban J connectivity index is 2.98. The van der Waals surface area contributed by atoms with Crippen LogP contribution >= 0.6 is 0 Å². The topological polar surface area (TPSA) is 97.5 Å². The third kappa shape index (κ3) is 4.04. The maximum atomic E-state index is 13.4. The highest BCUT2D eigenvalue weighted by Crippen LogP contribution is 2.17. The first kappa shape index (κ1) is 14.5. The summed E-state index contributed by atoms with van der Waals surface area (Å²) in [7, 11) is -4.00. The average Bonchev–Trinajstić information content (AvgIpc) is 2.13. The number of carboxylic acids is 1. The SMILES string of the molecule is NS(=O)(=O)CC(F)Cc1cccc(F)c1C(=O)O. The van der Waals surface area contributed by atoms with E-state index in [0.29, 0.717) is 0 Å². The smallest absolute Gasteiger partial charge is 0.338 e. The molecule has 18 heavy (non-hydrogen) atoms. The second-order valence-corrected chi connectivity index (χ2v) is 5.37. The monoisotopic (exact) mass is 279 g/mol. The van der Waals surface area contributed by atoms with Crippen LogP contribution in [0.1, 0.15) is 15.9 Å². The number of rotatable bonds is 5. The molecule has 1 aromatic rings. The molecule has 0 bridgehead atoms. The number of hydrogen-bond acceptors (Lipinski definition) is 3. The molecule has 0 aromatic heterocycles. The molecule has 5 nitrogen and oxygen atoms in total. The fourth-order valence-electron chi connectivity index (χ4n) is 1.53. The van der Waals surface area contributed by atoms with E-state index in [4.69, 9.17) is 5.11 Å². The number of primary sulfonamides is 1. The van der Waals surface area contributed by atoms with E-state index in [-0.39, 0.29) is 5.56 Å². The molecule has 8 heteroatoms. The minimum absolute atomic E-state index is 0.112. The first-order valence-corrected chi connectivity index (χ1v) is 6.57. The molecule has 100 valence electrons. The number of alkyl halides is 1. The maximum Gasteiger partial charge on any atom is 0.338 e. The lowest BCUT2D eigenvalue weighted by Gasteiger charge is -2.10. The molecule has 0 aliphatic carbocycles. The molecule has 0 heterocycles. The highest BCUT2D eigenvalue weighted by Gasteiger charge is 2.21. The lowest BCUT2D eigenvalue weighted by molar-refractivity contribution is 0.0690. The van der Waals surface area contributed by atoms with Crippen LogP contribution in [0.2, 0.25) is 0 Å². The highest BCUT2D eigenvalue weighted by atomic mass is 32.2. The van der Waals surface area contributed by atoms with Crippen molar-refractivity contribution in [3.8, 4) is 0 Å². The number of nitrogens with two attached hydrogens (primary N) is 1. The van der Waals surface area contributed by atoms with Gasteiger partial charge in [-0.1, -0.05) is 12.1 Å². The molecule has 0 radical (unpaired) electrons. The Morgan fingerprint density at radius 3 is 2.56 bits per heavy atom. The van der Waals surface area contributed by atoms with Crippen LogP contribution in [-0.4, -0.2) is 31.4 Å². The van der Waals surface area contributed by atoms with Crippen LogP contribution in [0.5, 0.6) is 0 Å². The van der Waals surface area contributed by atoms with Gasteiger partial charge < -0.3 is 5.11 Å². The van der Waals surface area contributed by atoms with Crippen molar-refractivity contribution in [1.29, 1.82) is 0 Å². The molecule has 0 saturated heterocycles. The van der Waals surface area contributed by atoms with Gasteiger partial charge in [0.05, 0.1) is 11.3 Å². The van der Waals surface area contributed by atoms with E-state index in [0.717, 1.165) is 6.07 Å². The zero-order chi connectivity index (χ0) is 13.9. The lowest BCUT2D eigenvalue weighted by Crippen LogP contribution is -2.26. The van der Waals surface area contributed by atoms with Crippen molar-refractivity contribution < 1.29 is 27.1 Å². The molecular weight excluding hydrogens is 268 g/mol. The second kappa shape index (κ2) is 5.40. The summed E-state index contributed by atoms with van der Waals surface area (Å²) in [5.41, 5.74) is -0.770. The van der Waals surface area contributed by atoms with Gasteiger partial charge in [0.15, 0.2) is 0 Å². The summed E-state index contributed by atoms with van der Waals surface area (Å²) in [4.78, 5) is 10.8. The van der Waals surface area contributed by atoms with E-state index in [1.54, 1.807) is 0 Å². The standard InChI is InChI=1S/C10H11F2NO4S/c11-7(5-18(13,16)17)4-6-2-1-3-8(12)9(6)10(14)15/h1-3,7H,4-5H2,(H,14,15)(H2,13,16,17). The Bertz CT molecular complexity index is 559. The van der Waals surface area contributed by atoms with Crippen molar-refractivity contribution in [3.63, 3.8) is 0 Å². The fourth-order valence-corrected chi connectivity index (χ4v) is 2.15. The third-order valence-corrected chi connectivity index (χ3v) is 2.99. The van der Waals surface area contributed by atoms with Gasteiger partial charge in [0.2, 0.25) is 10.0 Å². The summed E-state index contributed by atoms with van der Waals surface area (Å²) < 4.78 is 48.0. The molecule has 1 unspecified atom stereocenters. The summed E-state index contributed by atoms with van der Waals surface area (Å²) in [6.45, 7) is 0. The minimum atomic E-state index is -4.00. The van der Waals surface area contributed by atoms with Crippen LogP contribution in [0.3, 0.4) is 0 Å². The minimum Gasteiger partial charge on any atom is -0.478 e. The summed E-state index contributed by atoms with van der Waals surface area (Å²) in [6, 6.07) is 3.38. The molecule has 1 aromatic carbocycles.